The normalized spacial score (nSPS) is 27.9. The van der Waals surface area contributed by atoms with Gasteiger partial charge in [-0.05, 0) is 66.8 Å². The number of benzene rings is 2. The first-order valence-corrected chi connectivity index (χ1v) is 15.2. The van der Waals surface area contributed by atoms with Gasteiger partial charge >= 0.3 is 7.12 Å². The zero-order valence-electron chi connectivity index (χ0n) is 23.0. The number of aromatic hydroxyl groups is 1. The molecule has 40 heavy (non-hydrogen) atoms. The molecule has 2 N–H and O–H groups in total. The molecule has 0 saturated carbocycles. The fraction of sp³-hybridized carbons (Fsp3) is 0.484. The Morgan fingerprint density at radius 2 is 1.77 bits per heavy atom. The van der Waals surface area contributed by atoms with Crippen LogP contribution >= 0.6 is 15.9 Å². The average molecular weight is 607 g/mol. The maximum atomic E-state index is 14.1. The van der Waals surface area contributed by atoms with Crippen molar-refractivity contribution in [2.24, 2.45) is 23.7 Å². The van der Waals surface area contributed by atoms with Crippen molar-refractivity contribution in [3.8, 4) is 5.75 Å². The fourth-order valence-corrected chi connectivity index (χ4v) is 7.83. The van der Waals surface area contributed by atoms with Crippen LogP contribution in [0.4, 0.5) is 0 Å². The summed E-state index contributed by atoms with van der Waals surface area (Å²) in [6, 6.07) is 15.4. The third-order valence-corrected chi connectivity index (χ3v) is 9.88. The highest BCUT2D eigenvalue weighted by atomic mass is 79.9. The Hall–Kier alpha value is -2.46. The van der Waals surface area contributed by atoms with Gasteiger partial charge in [0.25, 0.3) is 0 Å². The van der Waals surface area contributed by atoms with Crippen LogP contribution in [-0.2, 0) is 20.8 Å². The minimum Gasteiger partial charge on any atom is -0.508 e. The number of imide groups is 1. The fourth-order valence-electron chi connectivity index (χ4n) is 7.45. The molecule has 2 amide bonds. The topological polar surface area (TPSA) is 90.3 Å². The maximum absolute atomic E-state index is 14.1. The zero-order chi connectivity index (χ0) is 28.1. The lowest BCUT2D eigenvalue weighted by Crippen LogP contribution is -2.48. The average Bonchev–Trinajstić information content (AvgIpc) is 3.20. The molecule has 0 bridgehead atoms. The van der Waals surface area contributed by atoms with Crippen LogP contribution in [0.15, 0.2) is 64.0 Å². The third-order valence-electron chi connectivity index (χ3n) is 9.39. The summed E-state index contributed by atoms with van der Waals surface area (Å²) in [7, 11) is -1.18. The SMILES string of the molecule is CC(C)C1=C2B(O)O[C@H](c3cc(Br)ccc3O)C[C@H]2[C@H]2C(=O)N(C3CCN(Cc4ccccc4)CC3)C(=O)[C@H]2C1. The molecular formula is C31H36BBrN2O5. The largest absolute Gasteiger partial charge is 0.508 e. The Bertz CT molecular complexity index is 1330. The van der Waals surface area contributed by atoms with Crippen molar-refractivity contribution >= 4 is 34.9 Å². The van der Waals surface area contributed by atoms with Gasteiger partial charge in [-0.2, -0.15) is 0 Å². The number of likely N-dealkylation sites (tertiary alicyclic amines) is 2. The number of carbonyl (C=O) groups is 2. The van der Waals surface area contributed by atoms with E-state index in [0.29, 0.717) is 18.4 Å². The van der Waals surface area contributed by atoms with E-state index in [1.807, 2.05) is 6.07 Å². The number of carbonyl (C=O) groups excluding carboxylic acids is 2. The minimum atomic E-state index is -1.18. The van der Waals surface area contributed by atoms with Gasteiger partial charge in [0.05, 0.1) is 17.9 Å². The summed E-state index contributed by atoms with van der Waals surface area (Å²) < 4.78 is 6.87. The number of fused-ring (bicyclic) bond motifs is 3. The number of rotatable bonds is 5. The van der Waals surface area contributed by atoms with Gasteiger partial charge in [-0.1, -0.05) is 65.7 Å². The van der Waals surface area contributed by atoms with Crippen molar-refractivity contribution in [3.63, 3.8) is 0 Å². The second-order valence-corrected chi connectivity index (χ2v) is 12.9. The molecule has 2 aromatic rings. The van der Waals surface area contributed by atoms with Gasteiger partial charge in [-0.25, -0.2) is 0 Å². The standard InChI is InChI=1S/C31H36BBrN2O5/c1-18(2)22-15-25-28(24-16-27(40-32(39)29(22)24)23-14-20(33)8-9-26(23)36)31(38)35(30(25)37)21-10-12-34(13-11-21)17-19-6-4-3-5-7-19/h3-9,14,18,21,24-25,27-28,36,39H,10-13,15-17H2,1-2H3/t24-,25-,27-,28+/m0/s1. The molecule has 210 valence electrons. The van der Waals surface area contributed by atoms with Crippen LogP contribution in [0.3, 0.4) is 0 Å². The maximum Gasteiger partial charge on any atom is 0.487 e. The summed E-state index contributed by atoms with van der Waals surface area (Å²) in [6.45, 7) is 6.69. The molecule has 0 spiro atoms. The van der Waals surface area contributed by atoms with E-state index in [1.165, 1.54) is 5.56 Å². The van der Waals surface area contributed by atoms with E-state index in [-0.39, 0.29) is 35.4 Å². The molecule has 3 saturated heterocycles. The van der Waals surface area contributed by atoms with Crippen LogP contribution in [0.1, 0.15) is 56.8 Å². The van der Waals surface area contributed by atoms with Crippen LogP contribution in [0.2, 0.25) is 0 Å². The quantitative estimate of drug-likeness (QED) is 0.373. The summed E-state index contributed by atoms with van der Waals surface area (Å²) in [5, 5.41) is 21.9. The molecule has 3 aliphatic heterocycles. The molecule has 3 heterocycles. The van der Waals surface area contributed by atoms with Gasteiger partial charge in [0.15, 0.2) is 0 Å². The van der Waals surface area contributed by atoms with Gasteiger partial charge < -0.3 is 14.8 Å². The summed E-state index contributed by atoms with van der Waals surface area (Å²) in [5.74, 6) is -1.20. The van der Waals surface area contributed by atoms with E-state index < -0.39 is 25.1 Å². The molecule has 0 aromatic heterocycles. The number of phenols is 1. The van der Waals surface area contributed by atoms with E-state index >= 15 is 0 Å². The first-order chi connectivity index (χ1) is 19.2. The Morgan fingerprint density at radius 1 is 1.05 bits per heavy atom. The van der Waals surface area contributed by atoms with Crippen molar-refractivity contribution in [3.05, 3.63) is 75.2 Å². The van der Waals surface area contributed by atoms with Gasteiger partial charge in [0.2, 0.25) is 11.8 Å². The third kappa shape index (κ3) is 4.95. The number of hydrogen-bond acceptors (Lipinski definition) is 6. The van der Waals surface area contributed by atoms with Crippen LogP contribution in [-0.4, -0.2) is 58.0 Å². The smallest absolute Gasteiger partial charge is 0.487 e. The molecule has 3 fully saturated rings. The van der Waals surface area contributed by atoms with Crippen LogP contribution in [0, 0.1) is 23.7 Å². The molecule has 7 nitrogen and oxygen atoms in total. The van der Waals surface area contributed by atoms with E-state index in [0.717, 1.165) is 48.0 Å². The highest BCUT2D eigenvalue weighted by Gasteiger charge is 2.59. The summed E-state index contributed by atoms with van der Waals surface area (Å²) in [6.07, 6.45) is 1.86. The Kier molecular flexibility index (Phi) is 7.68. The molecule has 4 aliphatic rings. The van der Waals surface area contributed by atoms with E-state index in [9.17, 15) is 19.7 Å². The first kappa shape index (κ1) is 27.7. The lowest BCUT2D eigenvalue weighted by molar-refractivity contribution is -0.144. The van der Waals surface area contributed by atoms with Gasteiger partial charge in [-0.3, -0.25) is 19.4 Å². The molecule has 9 heteroatoms. The van der Waals surface area contributed by atoms with Crippen molar-refractivity contribution in [1.29, 1.82) is 0 Å². The predicted octanol–water partition coefficient (Wildman–Crippen LogP) is 4.87. The molecule has 6 rings (SSSR count). The monoisotopic (exact) mass is 606 g/mol. The highest BCUT2D eigenvalue weighted by molar-refractivity contribution is 9.10. The van der Waals surface area contributed by atoms with Crippen molar-refractivity contribution in [2.75, 3.05) is 13.1 Å². The van der Waals surface area contributed by atoms with E-state index in [2.05, 4.69) is 58.9 Å². The van der Waals surface area contributed by atoms with Crippen molar-refractivity contribution < 1.29 is 24.4 Å². The molecule has 0 unspecified atom stereocenters. The predicted molar refractivity (Wildman–Crippen MR) is 156 cm³/mol. The minimum absolute atomic E-state index is 0.0588. The number of phenolic OH excluding ortho intramolecular Hbond substituents is 1. The number of allylic oxidation sites excluding steroid dienone is 2. The van der Waals surface area contributed by atoms with E-state index in [4.69, 9.17) is 4.65 Å². The highest BCUT2D eigenvalue weighted by Crippen LogP contribution is 2.53. The van der Waals surface area contributed by atoms with Gasteiger partial charge in [-0.15, -0.1) is 0 Å². The molecule has 4 atom stereocenters. The van der Waals surface area contributed by atoms with Crippen LogP contribution in [0.25, 0.3) is 0 Å². The summed E-state index contributed by atoms with van der Waals surface area (Å²) in [4.78, 5) is 32.0. The van der Waals surface area contributed by atoms with E-state index in [1.54, 1.807) is 23.1 Å². The second kappa shape index (κ2) is 11.1. The van der Waals surface area contributed by atoms with Crippen LogP contribution < -0.4 is 0 Å². The molecule has 1 aliphatic carbocycles. The Labute approximate surface area is 244 Å². The second-order valence-electron chi connectivity index (χ2n) is 12.0. The molecule has 0 radical (unpaired) electrons. The number of nitrogens with zero attached hydrogens (tertiary/aromatic N) is 2. The Balaban J connectivity index is 1.25. The molecular weight excluding hydrogens is 571 g/mol. The van der Waals surface area contributed by atoms with Crippen molar-refractivity contribution in [2.45, 2.75) is 58.2 Å². The zero-order valence-corrected chi connectivity index (χ0v) is 24.6. The lowest BCUT2D eigenvalue weighted by Gasteiger charge is -2.43. The summed E-state index contributed by atoms with van der Waals surface area (Å²) in [5.41, 5.74) is 3.63. The molecule has 2 aromatic carbocycles. The number of piperidine rings is 1. The first-order valence-electron chi connectivity index (χ1n) is 14.4. The van der Waals surface area contributed by atoms with Gasteiger partial charge in [0, 0.05) is 35.7 Å². The number of hydrogen-bond donors (Lipinski definition) is 2. The van der Waals surface area contributed by atoms with Gasteiger partial charge in [0.1, 0.15) is 5.75 Å². The number of halogens is 1. The van der Waals surface area contributed by atoms with Crippen molar-refractivity contribution in [1.82, 2.24) is 9.80 Å². The lowest BCUT2D eigenvalue weighted by atomic mass is 9.54. The van der Waals surface area contributed by atoms with Crippen LogP contribution in [0.5, 0.6) is 5.75 Å². The summed E-state index contributed by atoms with van der Waals surface area (Å²) >= 11 is 3.47. The number of amides is 2. The Morgan fingerprint density at radius 3 is 2.48 bits per heavy atom.